The molecule has 2 aromatic rings. The van der Waals surface area contributed by atoms with Gasteiger partial charge in [0, 0.05) is 12.1 Å². The molecule has 0 saturated carbocycles. The van der Waals surface area contributed by atoms with Crippen LogP contribution in [0.5, 0.6) is 5.75 Å². The van der Waals surface area contributed by atoms with Gasteiger partial charge < -0.3 is 24.8 Å². The Hall–Kier alpha value is -3.55. The quantitative estimate of drug-likeness (QED) is 0.568. The van der Waals surface area contributed by atoms with Crippen molar-refractivity contribution in [1.82, 2.24) is 5.32 Å². The van der Waals surface area contributed by atoms with Crippen LogP contribution in [0.25, 0.3) is 0 Å². The van der Waals surface area contributed by atoms with E-state index in [2.05, 4.69) is 10.6 Å². The summed E-state index contributed by atoms with van der Waals surface area (Å²) in [6.07, 6.45) is -0.748. The maximum Gasteiger partial charge on any atom is 0.408 e. The Morgan fingerprint density at radius 1 is 0.969 bits per heavy atom. The highest BCUT2D eigenvalue weighted by Gasteiger charge is 2.24. The van der Waals surface area contributed by atoms with Crippen LogP contribution in [-0.4, -0.2) is 36.7 Å². The topological polar surface area (TPSA) is 103 Å². The van der Waals surface area contributed by atoms with Crippen molar-refractivity contribution in [1.29, 1.82) is 0 Å². The number of alkyl carbamates (subject to hydrolysis) is 1. The van der Waals surface area contributed by atoms with Gasteiger partial charge in [-0.05, 0) is 57.0 Å². The lowest BCUT2D eigenvalue weighted by Crippen LogP contribution is -2.44. The number of esters is 1. The van der Waals surface area contributed by atoms with Crippen molar-refractivity contribution in [2.75, 3.05) is 12.4 Å². The highest BCUT2D eigenvalue weighted by molar-refractivity contribution is 5.96. The van der Waals surface area contributed by atoms with Crippen LogP contribution < -0.4 is 15.4 Å². The molecule has 32 heavy (non-hydrogen) atoms. The van der Waals surface area contributed by atoms with Gasteiger partial charge in [-0.15, -0.1) is 0 Å². The Kier molecular flexibility index (Phi) is 9.07. The first-order valence-electron chi connectivity index (χ1n) is 10.3. The van der Waals surface area contributed by atoms with Crippen molar-refractivity contribution in [3.63, 3.8) is 0 Å². The summed E-state index contributed by atoms with van der Waals surface area (Å²) < 4.78 is 15.6. The van der Waals surface area contributed by atoms with Gasteiger partial charge in [0.1, 0.15) is 24.0 Å². The second kappa shape index (κ2) is 11.7. The molecule has 0 aromatic heterocycles. The molecule has 2 rings (SSSR count). The largest absolute Gasteiger partial charge is 0.497 e. The zero-order valence-corrected chi connectivity index (χ0v) is 18.8. The first-order chi connectivity index (χ1) is 15.2. The van der Waals surface area contributed by atoms with Crippen LogP contribution in [0.2, 0.25) is 0 Å². The number of carbonyl (C=O) groups is 3. The molecule has 2 aromatic carbocycles. The third-order valence-corrected chi connectivity index (χ3v) is 4.24. The third kappa shape index (κ3) is 9.07. The number of methoxy groups -OCH3 is 1. The summed E-state index contributed by atoms with van der Waals surface area (Å²) in [5.41, 5.74) is 0.702. The van der Waals surface area contributed by atoms with Crippen LogP contribution in [0.4, 0.5) is 10.5 Å². The number of benzene rings is 2. The zero-order chi connectivity index (χ0) is 23.6. The normalized spacial score (nSPS) is 11.8. The van der Waals surface area contributed by atoms with Crippen molar-refractivity contribution in [3.05, 3.63) is 60.2 Å². The Balaban J connectivity index is 2.00. The molecule has 8 heteroatoms. The maximum atomic E-state index is 12.8. The number of carbonyl (C=O) groups excluding carboxylic acids is 3. The van der Waals surface area contributed by atoms with E-state index in [1.165, 1.54) is 0 Å². The SMILES string of the molecule is COc1ccc(NC(=O)[C@H](CCC(=O)OC(C)(C)C)NC(=O)OCc2ccccc2)cc1. The van der Waals surface area contributed by atoms with Crippen LogP contribution >= 0.6 is 0 Å². The summed E-state index contributed by atoms with van der Waals surface area (Å²) in [6, 6.07) is 14.9. The minimum absolute atomic E-state index is 0.0447. The summed E-state index contributed by atoms with van der Waals surface area (Å²) in [5, 5.41) is 5.27. The van der Waals surface area contributed by atoms with Gasteiger partial charge in [-0.1, -0.05) is 30.3 Å². The Morgan fingerprint density at radius 3 is 2.22 bits per heavy atom. The van der Waals surface area contributed by atoms with E-state index in [1.807, 2.05) is 30.3 Å². The van der Waals surface area contributed by atoms with Crippen LogP contribution in [-0.2, 0) is 25.7 Å². The van der Waals surface area contributed by atoms with E-state index < -0.39 is 29.6 Å². The first-order valence-corrected chi connectivity index (χ1v) is 10.3. The Morgan fingerprint density at radius 2 is 1.62 bits per heavy atom. The number of amides is 2. The van der Waals surface area contributed by atoms with E-state index in [-0.39, 0.29) is 19.4 Å². The molecule has 0 aliphatic heterocycles. The summed E-state index contributed by atoms with van der Waals surface area (Å²) in [7, 11) is 1.55. The number of rotatable bonds is 9. The Bertz CT molecular complexity index is 891. The van der Waals surface area contributed by atoms with Crippen molar-refractivity contribution in [2.45, 2.75) is 51.9 Å². The van der Waals surface area contributed by atoms with Crippen molar-refractivity contribution < 1.29 is 28.6 Å². The molecule has 0 saturated heterocycles. The molecular weight excluding hydrogens is 412 g/mol. The third-order valence-electron chi connectivity index (χ3n) is 4.24. The fraction of sp³-hybridized carbons (Fsp3) is 0.375. The summed E-state index contributed by atoms with van der Waals surface area (Å²) in [4.78, 5) is 37.2. The molecule has 2 amide bonds. The lowest BCUT2D eigenvalue weighted by molar-refractivity contribution is -0.155. The number of hydrogen-bond acceptors (Lipinski definition) is 6. The van der Waals surface area contributed by atoms with Gasteiger partial charge in [-0.25, -0.2) is 4.79 Å². The van der Waals surface area contributed by atoms with Gasteiger partial charge in [0.2, 0.25) is 5.91 Å². The van der Waals surface area contributed by atoms with E-state index >= 15 is 0 Å². The van der Waals surface area contributed by atoms with Gasteiger partial charge in [0.15, 0.2) is 0 Å². The van der Waals surface area contributed by atoms with Gasteiger partial charge in [-0.2, -0.15) is 0 Å². The molecule has 0 heterocycles. The van der Waals surface area contributed by atoms with Crippen molar-refractivity contribution in [2.24, 2.45) is 0 Å². The van der Waals surface area contributed by atoms with Crippen molar-refractivity contribution in [3.8, 4) is 5.75 Å². The smallest absolute Gasteiger partial charge is 0.408 e. The van der Waals surface area contributed by atoms with Gasteiger partial charge in [0.05, 0.1) is 7.11 Å². The summed E-state index contributed by atoms with van der Waals surface area (Å²) >= 11 is 0. The summed E-state index contributed by atoms with van der Waals surface area (Å²) in [6.45, 7) is 5.35. The molecular formula is C24H30N2O6. The van der Waals surface area contributed by atoms with E-state index in [1.54, 1.807) is 52.1 Å². The number of nitrogens with one attached hydrogen (secondary N) is 2. The van der Waals surface area contributed by atoms with E-state index in [4.69, 9.17) is 14.2 Å². The number of ether oxygens (including phenoxy) is 3. The monoisotopic (exact) mass is 442 g/mol. The standard InChI is InChI=1S/C24H30N2O6/c1-24(2,3)32-21(27)15-14-20(22(28)25-18-10-12-19(30-4)13-11-18)26-23(29)31-16-17-8-6-5-7-9-17/h5-13,20H,14-16H2,1-4H3,(H,25,28)(H,26,29)/t20-/m0/s1. The first kappa shape index (κ1) is 24.7. The molecule has 8 nitrogen and oxygen atoms in total. The minimum Gasteiger partial charge on any atom is -0.497 e. The second-order valence-electron chi connectivity index (χ2n) is 8.10. The second-order valence-corrected chi connectivity index (χ2v) is 8.10. The molecule has 0 aliphatic carbocycles. The van der Waals surface area contributed by atoms with Crippen LogP contribution in [0.3, 0.4) is 0 Å². The molecule has 0 radical (unpaired) electrons. The average Bonchev–Trinajstić information content (AvgIpc) is 2.75. The van der Waals surface area contributed by atoms with Crippen LogP contribution in [0.1, 0.15) is 39.2 Å². The highest BCUT2D eigenvalue weighted by atomic mass is 16.6. The molecule has 1 atom stereocenters. The van der Waals surface area contributed by atoms with E-state index in [9.17, 15) is 14.4 Å². The molecule has 0 unspecified atom stereocenters. The number of hydrogen-bond donors (Lipinski definition) is 2. The molecule has 0 spiro atoms. The summed E-state index contributed by atoms with van der Waals surface area (Å²) in [5.74, 6) is -0.290. The predicted molar refractivity (Wildman–Crippen MR) is 120 cm³/mol. The highest BCUT2D eigenvalue weighted by Crippen LogP contribution is 2.16. The molecule has 2 N–H and O–H groups in total. The fourth-order valence-electron chi connectivity index (χ4n) is 2.73. The van der Waals surface area contributed by atoms with Gasteiger partial charge in [0.25, 0.3) is 0 Å². The molecule has 0 fully saturated rings. The lowest BCUT2D eigenvalue weighted by atomic mass is 10.1. The van der Waals surface area contributed by atoms with Crippen molar-refractivity contribution >= 4 is 23.7 Å². The molecule has 172 valence electrons. The predicted octanol–water partition coefficient (Wildman–Crippen LogP) is 4.05. The average molecular weight is 443 g/mol. The van der Waals surface area contributed by atoms with Crippen LogP contribution in [0.15, 0.2) is 54.6 Å². The van der Waals surface area contributed by atoms with E-state index in [0.717, 1.165) is 5.56 Å². The minimum atomic E-state index is -0.993. The van der Waals surface area contributed by atoms with Crippen LogP contribution in [0, 0.1) is 0 Å². The van der Waals surface area contributed by atoms with Gasteiger partial charge in [-0.3, -0.25) is 9.59 Å². The molecule has 0 aliphatic rings. The Labute approximate surface area is 188 Å². The lowest BCUT2D eigenvalue weighted by Gasteiger charge is -2.21. The fourth-order valence-corrected chi connectivity index (χ4v) is 2.73. The zero-order valence-electron chi connectivity index (χ0n) is 18.8. The molecule has 0 bridgehead atoms. The van der Waals surface area contributed by atoms with Gasteiger partial charge >= 0.3 is 12.1 Å². The number of anilines is 1. The van der Waals surface area contributed by atoms with E-state index in [0.29, 0.717) is 11.4 Å². The maximum absolute atomic E-state index is 12.8.